The van der Waals surface area contributed by atoms with Gasteiger partial charge in [0.2, 0.25) is 0 Å². The van der Waals surface area contributed by atoms with Crippen LogP contribution in [-0.4, -0.2) is 22.2 Å². The van der Waals surface area contributed by atoms with Crippen LogP contribution >= 0.6 is 0 Å². The molecule has 0 aromatic heterocycles. The number of benzene rings is 2. The second-order valence-corrected chi connectivity index (χ2v) is 4.48. The zero-order valence-electron chi connectivity index (χ0n) is 11.2. The molecule has 0 saturated carbocycles. The highest BCUT2D eigenvalue weighted by Crippen LogP contribution is 2.31. The number of allylic oxidation sites excluding steroid dienone is 1. The minimum absolute atomic E-state index is 0.0862. The minimum atomic E-state index is -1.09. The highest BCUT2D eigenvalue weighted by Gasteiger charge is 2.21. The molecule has 0 atom stereocenters. The third-order valence-corrected chi connectivity index (χ3v) is 3.18. The van der Waals surface area contributed by atoms with Gasteiger partial charge >= 0.3 is 11.9 Å². The fraction of sp³-hybridized carbons (Fsp3) is 0.0588. The van der Waals surface area contributed by atoms with Crippen molar-refractivity contribution in [3.8, 4) is 11.1 Å². The molecule has 0 aliphatic heterocycles. The Morgan fingerprint density at radius 2 is 1.52 bits per heavy atom. The van der Waals surface area contributed by atoms with E-state index in [1.165, 1.54) is 12.1 Å². The van der Waals surface area contributed by atoms with Crippen LogP contribution in [0.2, 0.25) is 0 Å². The van der Waals surface area contributed by atoms with Crippen LogP contribution in [0.25, 0.3) is 11.1 Å². The van der Waals surface area contributed by atoms with Crippen LogP contribution in [0, 0.1) is 0 Å². The van der Waals surface area contributed by atoms with E-state index in [0.29, 0.717) is 16.7 Å². The number of hydrogen-bond acceptors (Lipinski definition) is 2. The van der Waals surface area contributed by atoms with Crippen LogP contribution < -0.4 is 0 Å². The van der Waals surface area contributed by atoms with E-state index in [4.69, 9.17) is 0 Å². The predicted octanol–water partition coefficient (Wildman–Crippen LogP) is 3.48. The first-order valence-electron chi connectivity index (χ1n) is 6.35. The normalized spacial score (nSPS) is 10.1. The number of hydrogen-bond donors (Lipinski definition) is 2. The van der Waals surface area contributed by atoms with Gasteiger partial charge in [0.05, 0.1) is 11.1 Å². The smallest absolute Gasteiger partial charge is 0.336 e. The Bertz CT molecular complexity index is 702. The summed E-state index contributed by atoms with van der Waals surface area (Å²) in [6.45, 7) is 3.63. The maximum absolute atomic E-state index is 11.5. The fourth-order valence-electron chi connectivity index (χ4n) is 2.32. The van der Waals surface area contributed by atoms with Gasteiger partial charge in [-0.25, -0.2) is 9.59 Å². The zero-order valence-corrected chi connectivity index (χ0v) is 11.2. The van der Waals surface area contributed by atoms with E-state index >= 15 is 0 Å². The second-order valence-electron chi connectivity index (χ2n) is 4.48. The quantitative estimate of drug-likeness (QED) is 0.823. The van der Waals surface area contributed by atoms with Crippen LogP contribution in [0.1, 0.15) is 26.3 Å². The van der Waals surface area contributed by atoms with Crippen molar-refractivity contribution in [2.75, 3.05) is 0 Å². The first-order chi connectivity index (χ1) is 10.1. The van der Waals surface area contributed by atoms with Gasteiger partial charge in [0.1, 0.15) is 0 Å². The van der Waals surface area contributed by atoms with Crippen molar-refractivity contribution in [3.05, 3.63) is 71.8 Å². The molecule has 4 nitrogen and oxygen atoms in total. The maximum Gasteiger partial charge on any atom is 0.336 e. The summed E-state index contributed by atoms with van der Waals surface area (Å²) in [7, 11) is 0. The van der Waals surface area contributed by atoms with Crippen molar-refractivity contribution in [3.63, 3.8) is 0 Å². The summed E-state index contributed by atoms with van der Waals surface area (Å²) in [5, 5.41) is 18.7. The van der Waals surface area contributed by atoms with Gasteiger partial charge in [-0.1, -0.05) is 36.4 Å². The number of carboxylic acid groups (broad SMARTS) is 2. The summed E-state index contributed by atoms with van der Waals surface area (Å²) in [6.07, 6.45) is 1.85. The molecule has 21 heavy (non-hydrogen) atoms. The van der Waals surface area contributed by atoms with E-state index in [1.54, 1.807) is 30.3 Å². The van der Waals surface area contributed by atoms with Gasteiger partial charge in [-0.15, -0.1) is 6.58 Å². The summed E-state index contributed by atoms with van der Waals surface area (Å²) in [6, 6.07) is 11.6. The van der Waals surface area contributed by atoms with Gasteiger partial charge in [0, 0.05) is 5.56 Å². The van der Waals surface area contributed by atoms with Gasteiger partial charge in [-0.3, -0.25) is 0 Å². The number of carboxylic acids is 2. The lowest BCUT2D eigenvalue weighted by Crippen LogP contribution is -2.09. The molecule has 0 fully saturated rings. The lowest BCUT2D eigenvalue weighted by molar-refractivity contribution is 0.0681. The van der Waals surface area contributed by atoms with Crippen molar-refractivity contribution < 1.29 is 19.8 Å². The van der Waals surface area contributed by atoms with Gasteiger partial charge in [-0.05, 0) is 29.7 Å². The van der Waals surface area contributed by atoms with E-state index in [-0.39, 0.29) is 17.5 Å². The Labute approximate surface area is 122 Å². The topological polar surface area (TPSA) is 74.6 Å². The van der Waals surface area contributed by atoms with Crippen molar-refractivity contribution in [2.45, 2.75) is 6.42 Å². The summed E-state index contributed by atoms with van der Waals surface area (Å²) >= 11 is 0. The average molecular weight is 282 g/mol. The molecule has 2 aromatic carbocycles. The summed E-state index contributed by atoms with van der Waals surface area (Å²) < 4.78 is 0. The van der Waals surface area contributed by atoms with Crippen molar-refractivity contribution >= 4 is 11.9 Å². The molecular weight excluding hydrogens is 268 g/mol. The fourth-order valence-corrected chi connectivity index (χ4v) is 2.32. The molecule has 0 radical (unpaired) electrons. The Hall–Kier alpha value is -2.88. The van der Waals surface area contributed by atoms with E-state index < -0.39 is 11.9 Å². The molecule has 106 valence electrons. The Balaban J connectivity index is 2.84. The predicted molar refractivity (Wildman–Crippen MR) is 79.7 cm³/mol. The van der Waals surface area contributed by atoms with Crippen LogP contribution in [0.15, 0.2) is 55.1 Å². The summed E-state index contributed by atoms with van der Waals surface area (Å²) in [4.78, 5) is 22.8. The largest absolute Gasteiger partial charge is 0.478 e. The Morgan fingerprint density at radius 3 is 2.05 bits per heavy atom. The van der Waals surface area contributed by atoms with Crippen molar-refractivity contribution in [1.82, 2.24) is 0 Å². The monoisotopic (exact) mass is 282 g/mol. The second kappa shape index (κ2) is 6.05. The lowest BCUT2D eigenvalue weighted by Gasteiger charge is -2.14. The molecule has 0 aliphatic carbocycles. The van der Waals surface area contributed by atoms with E-state index in [9.17, 15) is 19.8 Å². The van der Waals surface area contributed by atoms with E-state index in [2.05, 4.69) is 6.58 Å². The highest BCUT2D eigenvalue weighted by molar-refractivity contribution is 6.01. The molecule has 2 aromatic rings. The van der Waals surface area contributed by atoms with Gasteiger partial charge in [0.25, 0.3) is 0 Å². The zero-order chi connectivity index (χ0) is 15.4. The molecule has 0 aliphatic rings. The SMILES string of the molecule is C=CCc1c(C(=O)O)ccc(C(=O)O)c1-c1ccccc1. The molecule has 0 bridgehead atoms. The standard InChI is InChI=1S/C17H14O4/c1-2-6-12-13(16(18)19)9-10-14(17(20)21)15(12)11-7-4-3-5-8-11/h2-5,7-10H,1,6H2,(H,18,19)(H,20,21). The molecule has 0 spiro atoms. The van der Waals surface area contributed by atoms with Gasteiger partial charge in [0.15, 0.2) is 0 Å². The van der Waals surface area contributed by atoms with Crippen LogP contribution in [0.4, 0.5) is 0 Å². The Kier molecular flexibility index (Phi) is 4.18. The molecular formula is C17H14O4. The number of aromatic carboxylic acids is 2. The Morgan fingerprint density at radius 1 is 0.952 bits per heavy atom. The van der Waals surface area contributed by atoms with Crippen molar-refractivity contribution in [2.24, 2.45) is 0 Å². The average Bonchev–Trinajstić information content (AvgIpc) is 2.47. The molecule has 0 heterocycles. The lowest BCUT2D eigenvalue weighted by atomic mass is 9.89. The molecule has 0 unspecified atom stereocenters. The van der Waals surface area contributed by atoms with Crippen LogP contribution in [0.5, 0.6) is 0 Å². The minimum Gasteiger partial charge on any atom is -0.478 e. The van der Waals surface area contributed by atoms with Crippen molar-refractivity contribution in [1.29, 1.82) is 0 Å². The first kappa shape index (κ1) is 14.5. The van der Waals surface area contributed by atoms with Crippen LogP contribution in [-0.2, 0) is 6.42 Å². The molecule has 2 rings (SSSR count). The molecule has 0 amide bonds. The number of carbonyl (C=O) groups is 2. The first-order valence-corrected chi connectivity index (χ1v) is 6.35. The maximum atomic E-state index is 11.5. The van der Waals surface area contributed by atoms with E-state index in [0.717, 1.165) is 0 Å². The summed E-state index contributed by atoms with van der Waals surface area (Å²) in [5.41, 5.74) is 1.75. The van der Waals surface area contributed by atoms with Gasteiger partial charge in [-0.2, -0.15) is 0 Å². The third-order valence-electron chi connectivity index (χ3n) is 3.18. The molecule has 0 saturated heterocycles. The molecule has 2 N–H and O–H groups in total. The third kappa shape index (κ3) is 2.84. The highest BCUT2D eigenvalue weighted by atomic mass is 16.4. The van der Waals surface area contributed by atoms with E-state index in [1.807, 2.05) is 6.07 Å². The van der Waals surface area contributed by atoms with Gasteiger partial charge < -0.3 is 10.2 Å². The molecule has 4 heteroatoms. The van der Waals surface area contributed by atoms with Crippen LogP contribution in [0.3, 0.4) is 0 Å². The number of rotatable bonds is 5. The summed E-state index contributed by atoms with van der Waals surface area (Å²) in [5.74, 6) is -2.17.